The van der Waals surface area contributed by atoms with E-state index in [-0.39, 0.29) is 13.2 Å². The minimum atomic E-state index is -4.27. The molecule has 0 aromatic rings. The summed E-state index contributed by atoms with van der Waals surface area (Å²) in [4.78, 5) is 0. The van der Waals surface area contributed by atoms with Gasteiger partial charge in [0, 0.05) is 6.61 Å². The average molecular weight is 198 g/mol. The molecule has 74 valence electrons. The van der Waals surface area contributed by atoms with Crippen molar-refractivity contribution in [2.75, 3.05) is 13.2 Å². The van der Waals surface area contributed by atoms with Gasteiger partial charge in [0.15, 0.2) is 0 Å². The van der Waals surface area contributed by atoms with Gasteiger partial charge >= 0.3 is 10.4 Å². The third kappa shape index (κ3) is 9.83. The van der Waals surface area contributed by atoms with Crippen LogP contribution in [0.15, 0.2) is 0 Å². The van der Waals surface area contributed by atoms with Crippen molar-refractivity contribution in [2.24, 2.45) is 0 Å². The zero-order chi connectivity index (χ0) is 9.45. The highest BCUT2D eigenvalue weighted by Gasteiger charge is 2.02. The largest absolute Gasteiger partial charge is 0.397 e. The standard InChI is InChI=1S/C6H14O5S/c7-5-3-1-2-4-6-11-12(8,9)10/h7H,1-6H2,(H,8,9,10). The first-order chi connectivity index (χ1) is 5.56. The number of aliphatic hydroxyl groups is 1. The molecule has 12 heavy (non-hydrogen) atoms. The second-order valence-electron chi connectivity index (χ2n) is 2.39. The highest BCUT2D eigenvalue weighted by molar-refractivity contribution is 7.80. The maximum Gasteiger partial charge on any atom is 0.397 e. The molecule has 0 rings (SSSR count). The first kappa shape index (κ1) is 11.8. The fourth-order valence-corrected chi connectivity index (χ4v) is 1.06. The molecule has 0 aliphatic rings. The van der Waals surface area contributed by atoms with Crippen molar-refractivity contribution in [3.63, 3.8) is 0 Å². The van der Waals surface area contributed by atoms with E-state index in [0.717, 1.165) is 12.8 Å². The predicted molar refractivity (Wildman–Crippen MR) is 43.1 cm³/mol. The van der Waals surface area contributed by atoms with Crippen LogP contribution < -0.4 is 0 Å². The van der Waals surface area contributed by atoms with Gasteiger partial charge in [-0.05, 0) is 12.8 Å². The Morgan fingerprint density at radius 2 is 1.67 bits per heavy atom. The number of hydrogen-bond donors (Lipinski definition) is 2. The van der Waals surface area contributed by atoms with E-state index < -0.39 is 10.4 Å². The Balaban J connectivity index is 3.12. The maximum absolute atomic E-state index is 10.0. The lowest BCUT2D eigenvalue weighted by molar-refractivity contribution is 0.254. The van der Waals surface area contributed by atoms with Gasteiger partial charge in [-0.15, -0.1) is 0 Å². The number of unbranched alkanes of at least 4 members (excludes halogenated alkanes) is 3. The summed E-state index contributed by atoms with van der Waals surface area (Å²) in [6.45, 7) is 0.156. The van der Waals surface area contributed by atoms with Gasteiger partial charge in [-0.25, -0.2) is 4.18 Å². The Labute approximate surface area is 72.3 Å². The number of aliphatic hydroxyl groups excluding tert-OH is 1. The lowest BCUT2D eigenvalue weighted by Crippen LogP contribution is -2.04. The van der Waals surface area contributed by atoms with Crippen molar-refractivity contribution in [1.29, 1.82) is 0 Å². The van der Waals surface area contributed by atoms with Crippen LogP contribution in [0.1, 0.15) is 25.7 Å². The summed E-state index contributed by atoms with van der Waals surface area (Å²) in [6.07, 6.45) is 2.91. The van der Waals surface area contributed by atoms with Crippen molar-refractivity contribution in [1.82, 2.24) is 0 Å². The van der Waals surface area contributed by atoms with E-state index in [2.05, 4.69) is 4.18 Å². The second-order valence-corrected chi connectivity index (χ2v) is 3.48. The van der Waals surface area contributed by atoms with E-state index in [1.54, 1.807) is 0 Å². The predicted octanol–water partition coefficient (Wildman–Crippen LogP) is 0.359. The molecule has 5 nitrogen and oxygen atoms in total. The van der Waals surface area contributed by atoms with Crippen LogP contribution in [0.3, 0.4) is 0 Å². The molecule has 0 saturated heterocycles. The van der Waals surface area contributed by atoms with E-state index in [9.17, 15) is 8.42 Å². The molecule has 0 aromatic carbocycles. The summed E-state index contributed by atoms with van der Waals surface area (Å²) >= 11 is 0. The van der Waals surface area contributed by atoms with Crippen LogP contribution >= 0.6 is 0 Å². The molecule has 0 amide bonds. The van der Waals surface area contributed by atoms with Gasteiger partial charge in [0.1, 0.15) is 0 Å². The minimum absolute atomic E-state index is 0.00423. The van der Waals surface area contributed by atoms with Gasteiger partial charge in [-0.2, -0.15) is 8.42 Å². The van der Waals surface area contributed by atoms with Crippen LogP contribution in [-0.2, 0) is 14.6 Å². The molecule has 0 aliphatic heterocycles. The summed E-state index contributed by atoms with van der Waals surface area (Å²) in [5, 5.41) is 8.38. The molecule has 6 heteroatoms. The molecule has 0 aliphatic carbocycles. The number of hydrogen-bond acceptors (Lipinski definition) is 4. The molecular weight excluding hydrogens is 184 g/mol. The van der Waals surface area contributed by atoms with E-state index in [1.165, 1.54) is 0 Å². The fraction of sp³-hybridized carbons (Fsp3) is 1.00. The lowest BCUT2D eigenvalue weighted by Gasteiger charge is -1.99. The second kappa shape index (κ2) is 6.36. The Morgan fingerprint density at radius 3 is 2.17 bits per heavy atom. The Bertz CT molecular complexity index is 186. The fourth-order valence-electron chi connectivity index (χ4n) is 0.732. The van der Waals surface area contributed by atoms with Crippen molar-refractivity contribution in [3.05, 3.63) is 0 Å². The van der Waals surface area contributed by atoms with Crippen molar-refractivity contribution in [3.8, 4) is 0 Å². The molecule has 2 N–H and O–H groups in total. The van der Waals surface area contributed by atoms with Gasteiger partial charge in [0.05, 0.1) is 6.61 Å². The molecule has 0 unspecified atom stereocenters. The highest BCUT2D eigenvalue weighted by Crippen LogP contribution is 2.00. The van der Waals surface area contributed by atoms with Crippen LogP contribution in [0.25, 0.3) is 0 Å². The minimum Gasteiger partial charge on any atom is -0.396 e. The summed E-state index contributed by atoms with van der Waals surface area (Å²) in [5.74, 6) is 0. The van der Waals surface area contributed by atoms with Gasteiger partial charge in [-0.1, -0.05) is 12.8 Å². The third-order valence-corrected chi connectivity index (χ3v) is 1.75. The van der Waals surface area contributed by atoms with E-state index in [0.29, 0.717) is 12.8 Å². The maximum atomic E-state index is 10.0. The zero-order valence-corrected chi connectivity index (χ0v) is 7.59. The third-order valence-electron chi connectivity index (χ3n) is 1.28. The van der Waals surface area contributed by atoms with Crippen molar-refractivity contribution >= 4 is 10.4 Å². The van der Waals surface area contributed by atoms with Gasteiger partial charge < -0.3 is 5.11 Å². The molecule has 0 aromatic heterocycles. The molecule has 0 fully saturated rings. The van der Waals surface area contributed by atoms with Crippen LogP contribution in [-0.4, -0.2) is 31.3 Å². The van der Waals surface area contributed by atoms with Crippen LogP contribution in [0.5, 0.6) is 0 Å². The van der Waals surface area contributed by atoms with Crippen molar-refractivity contribution in [2.45, 2.75) is 25.7 Å². The smallest absolute Gasteiger partial charge is 0.396 e. The molecule has 0 radical (unpaired) electrons. The van der Waals surface area contributed by atoms with Gasteiger partial charge in [0.25, 0.3) is 0 Å². The molecule has 0 spiro atoms. The SMILES string of the molecule is O=S(=O)(O)OCCCCCCO. The molecule has 0 heterocycles. The Morgan fingerprint density at radius 1 is 1.08 bits per heavy atom. The van der Waals surface area contributed by atoms with Crippen molar-refractivity contribution < 1.29 is 22.3 Å². The highest BCUT2D eigenvalue weighted by atomic mass is 32.3. The lowest BCUT2D eigenvalue weighted by atomic mass is 10.2. The van der Waals surface area contributed by atoms with Gasteiger partial charge in [-0.3, -0.25) is 4.55 Å². The summed E-state index contributed by atoms with van der Waals surface area (Å²) in [7, 11) is -4.27. The topological polar surface area (TPSA) is 83.8 Å². The monoisotopic (exact) mass is 198 g/mol. The Kier molecular flexibility index (Phi) is 6.27. The van der Waals surface area contributed by atoms with Gasteiger partial charge in [0.2, 0.25) is 0 Å². The summed E-state index contributed by atoms with van der Waals surface area (Å²) < 4.78 is 32.2. The summed E-state index contributed by atoms with van der Waals surface area (Å²) in [6, 6.07) is 0. The average Bonchev–Trinajstić information content (AvgIpc) is 1.94. The normalized spacial score (nSPS) is 11.8. The quantitative estimate of drug-likeness (QED) is 0.455. The Hall–Kier alpha value is -0.170. The van der Waals surface area contributed by atoms with E-state index in [4.69, 9.17) is 9.66 Å². The summed E-state index contributed by atoms with van der Waals surface area (Å²) in [5.41, 5.74) is 0. The number of rotatable bonds is 7. The molecular formula is C6H14O5S. The van der Waals surface area contributed by atoms with Crippen LogP contribution in [0, 0.1) is 0 Å². The van der Waals surface area contributed by atoms with Crippen LogP contribution in [0.4, 0.5) is 0 Å². The molecule has 0 saturated carbocycles. The first-order valence-corrected chi connectivity index (χ1v) is 5.15. The van der Waals surface area contributed by atoms with E-state index in [1.807, 2.05) is 0 Å². The zero-order valence-electron chi connectivity index (χ0n) is 6.77. The molecule has 0 bridgehead atoms. The van der Waals surface area contributed by atoms with E-state index >= 15 is 0 Å². The van der Waals surface area contributed by atoms with Crippen LogP contribution in [0.2, 0.25) is 0 Å². The first-order valence-electron chi connectivity index (χ1n) is 3.79. The molecule has 0 atom stereocenters.